The molecular formula is C5H6FNO2S. The normalized spacial score (nSPS) is 13.4. The number of nitrogens with two attached hydrogens (primary N) is 1. The Kier molecular flexibility index (Phi) is 3.71. The molecule has 3 nitrogen and oxygen atoms in total. The van der Waals surface area contributed by atoms with E-state index in [1.165, 1.54) is 0 Å². The highest BCUT2D eigenvalue weighted by atomic mass is 32.1. The summed E-state index contributed by atoms with van der Waals surface area (Å²) in [6.07, 6.45) is 0.835. The predicted molar refractivity (Wildman–Crippen MR) is 36.9 cm³/mol. The van der Waals surface area contributed by atoms with E-state index in [1.807, 2.05) is 0 Å². The van der Waals surface area contributed by atoms with E-state index in [0.29, 0.717) is 0 Å². The van der Waals surface area contributed by atoms with Crippen molar-refractivity contribution in [1.29, 1.82) is 0 Å². The first kappa shape index (κ1) is 9.16. The van der Waals surface area contributed by atoms with E-state index < -0.39 is 16.9 Å². The summed E-state index contributed by atoms with van der Waals surface area (Å²) in [4.78, 5) is 20.6. The zero-order valence-corrected chi connectivity index (χ0v) is 5.85. The number of primary amides is 1. The van der Waals surface area contributed by atoms with E-state index in [-0.39, 0.29) is 6.33 Å². The van der Waals surface area contributed by atoms with Gasteiger partial charge in [0.25, 0.3) is 0 Å². The minimum Gasteiger partial charge on any atom is -0.369 e. The molecule has 0 radical (unpaired) electrons. The SMILES string of the molecule is NC(=O)C(/C=C\F)C(=O)S. The van der Waals surface area contributed by atoms with Gasteiger partial charge >= 0.3 is 0 Å². The maximum absolute atomic E-state index is 11.4. The predicted octanol–water partition coefficient (Wildman–Crippen LogP) is 0.0275. The lowest BCUT2D eigenvalue weighted by Gasteiger charge is -1.99. The Labute approximate surface area is 62.5 Å². The summed E-state index contributed by atoms with van der Waals surface area (Å²) < 4.78 is 11.4. The lowest BCUT2D eigenvalue weighted by molar-refractivity contribution is -0.125. The summed E-state index contributed by atoms with van der Waals surface area (Å²) >= 11 is 3.31. The lowest BCUT2D eigenvalue weighted by Crippen LogP contribution is -2.25. The first-order valence-electron chi connectivity index (χ1n) is 2.38. The molecule has 0 aliphatic rings. The Bertz CT molecular complexity index is 166. The van der Waals surface area contributed by atoms with Crippen LogP contribution < -0.4 is 5.73 Å². The third-order valence-corrected chi connectivity index (χ3v) is 1.12. The standard InChI is InChI=1S/C5H6FNO2S/c6-2-1-3(4(7)8)5(9)10/h1-3H,(H2,7,8)(H,9,10)/b2-1-. The molecule has 0 spiro atoms. The van der Waals surface area contributed by atoms with Crippen molar-refractivity contribution in [3.05, 3.63) is 12.4 Å². The summed E-state index contributed by atoms with van der Waals surface area (Å²) in [6, 6.07) is 0. The van der Waals surface area contributed by atoms with Gasteiger partial charge in [-0.1, -0.05) is 0 Å². The highest BCUT2D eigenvalue weighted by Crippen LogP contribution is 2.02. The van der Waals surface area contributed by atoms with Gasteiger partial charge in [-0.15, -0.1) is 12.6 Å². The molecule has 1 atom stereocenters. The monoisotopic (exact) mass is 163 g/mol. The largest absolute Gasteiger partial charge is 0.369 e. The molecule has 0 aliphatic heterocycles. The number of amides is 1. The van der Waals surface area contributed by atoms with Gasteiger partial charge < -0.3 is 5.73 Å². The van der Waals surface area contributed by atoms with Crippen molar-refractivity contribution in [2.75, 3.05) is 0 Å². The number of carbonyl (C=O) groups is 2. The van der Waals surface area contributed by atoms with Crippen LogP contribution >= 0.6 is 12.6 Å². The molecule has 1 unspecified atom stereocenters. The third-order valence-electron chi connectivity index (χ3n) is 0.838. The van der Waals surface area contributed by atoms with Crippen molar-refractivity contribution in [3.63, 3.8) is 0 Å². The maximum Gasteiger partial charge on any atom is 0.232 e. The van der Waals surface area contributed by atoms with Gasteiger partial charge in [-0.2, -0.15) is 0 Å². The van der Waals surface area contributed by atoms with E-state index in [2.05, 4.69) is 12.6 Å². The van der Waals surface area contributed by atoms with Gasteiger partial charge in [-0.05, 0) is 6.08 Å². The van der Waals surface area contributed by atoms with Gasteiger partial charge in [0.1, 0.15) is 5.92 Å². The summed E-state index contributed by atoms with van der Waals surface area (Å²) in [7, 11) is 0. The average molecular weight is 163 g/mol. The van der Waals surface area contributed by atoms with E-state index in [1.54, 1.807) is 0 Å². The van der Waals surface area contributed by atoms with Crippen LogP contribution in [0.3, 0.4) is 0 Å². The molecule has 10 heavy (non-hydrogen) atoms. The van der Waals surface area contributed by atoms with Crippen LogP contribution in [0.15, 0.2) is 12.4 Å². The Morgan fingerprint density at radius 3 is 2.20 bits per heavy atom. The molecule has 56 valence electrons. The van der Waals surface area contributed by atoms with Gasteiger partial charge in [-0.3, -0.25) is 9.59 Å². The number of halogens is 1. The summed E-state index contributed by atoms with van der Waals surface area (Å²) in [5.74, 6) is -2.16. The molecule has 0 aromatic heterocycles. The quantitative estimate of drug-likeness (QED) is 0.455. The fraction of sp³-hybridized carbons (Fsp3) is 0.200. The molecule has 5 heteroatoms. The first-order valence-corrected chi connectivity index (χ1v) is 2.83. The van der Waals surface area contributed by atoms with Crippen LogP contribution in [0.4, 0.5) is 4.39 Å². The van der Waals surface area contributed by atoms with Crippen molar-refractivity contribution in [2.45, 2.75) is 0 Å². The Morgan fingerprint density at radius 1 is 1.60 bits per heavy atom. The molecule has 0 saturated heterocycles. The molecule has 0 aromatic rings. The van der Waals surface area contributed by atoms with Crippen LogP contribution in [0.2, 0.25) is 0 Å². The zero-order valence-electron chi connectivity index (χ0n) is 4.95. The fourth-order valence-corrected chi connectivity index (χ4v) is 0.585. The molecule has 2 N–H and O–H groups in total. The van der Waals surface area contributed by atoms with Crippen LogP contribution in [0, 0.1) is 5.92 Å². The van der Waals surface area contributed by atoms with Crippen molar-refractivity contribution < 1.29 is 14.0 Å². The maximum atomic E-state index is 11.4. The summed E-state index contributed by atoms with van der Waals surface area (Å²) in [5, 5.41) is -0.763. The smallest absolute Gasteiger partial charge is 0.232 e. The number of hydrogen-bond donors (Lipinski definition) is 2. The number of thiol groups is 1. The van der Waals surface area contributed by atoms with Gasteiger partial charge in [0.15, 0.2) is 0 Å². The van der Waals surface area contributed by atoms with E-state index in [9.17, 15) is 14.0 Å². The molecule has 1 amide bonds. The molecule has 0 aliphatic carbocycles. The van der Waals surface area contributed by atoms with Crippen LogP contribution in [0.1, 0.15) is 0 Å². The van der Waals surface area contributed by atoms with E-state index in [0.717, 1.165) is 6.08 Å². The van der Waals surface area contributed by atoms with Crippen LogP contribution in [0.25, 0.3) is 0 Å². The summed E-state index contributed by atoms with van der Waals surface area (Å²) in [5.41, 5.74) is 4.70. The van der Waals surface area contributed by atoms with Crippen LogP contribution in [-0.4, -0.2) is 11.0 Å². The highest BCUT2D eigenvalue weighted by Gasteiger charge is 2.17. The van der Waals surface area contributed by atoms with Gasteiger partial charge in [0.05, 0.1) is 6.33 Å². The molecule has 0 fully saturated rings. The first-order chi connectivity index (χ1) is 4.59. The minimum atomic E-state index is -1.26. The second-order valence-electron chi connectivity index (χ2n) is 1.54. The van der Waals surface area contributed by atoms with Crippen molar-refractivity contribution in [3.8, 4) is 0 Å². The molecule has 0 heterocycles. The highest BCUT2D eigenvalue weighted by molar-refractivity contribution is 7.96. The number of rotatable bonds is 3. The Balaban J connectivity index is 4.27. The number of carbonyl (C=O) groups excluding carboxylic acids is 2. The van der Waals surface area contributed by atoms with E-state index >= 15 is 0 Å². The fourth-order valence-electron chi connectivity index (χ4n) is 0.372. The van der Waals surface area contributed by atoms with Gasteiger partial charge in [-0.25, -0.2) is 4.39 Å². The topological polar surface area (TPSA) is 60.2 Å². The van der Waals surface area contributed by atoms with Crippen molar-refractivity contribution >= 4 is 23.7 Å². The Morgan fingerprint density at radius 2 is 2.10 bits per heavy atom. The number of hydrogen-bond acceptors (Lipinski definition) is 2. The average Bonchev–Trinajstić information content (AvgIpc) is 1.81. The molecule has 0 bridgehead atoms. The molecule has 0 rings (SSSR count). The van der Waals surface area contributed by atoms with Crippen LogP contribution in [-0.2, 0) is 9.59 Å². The molecule has 0 aromatic carbocycles. The lowest BCUT2D eigenvalue weighted by atomic mass is 10.1. The molecule has 0 saturated carbocycles. The second kappa shape index (κ2) is 4.05. The zero-order chi connectivity index (χ0) is 8.15. The van der Waals surface area contributed by atoms with Crippen LogP contribution in [0.5, 0.6) is 0 Å². The van der Waals surface area contributed by atoms with Crippen molar-refractivity contribution in [1.82, 2.24) is 0 Å². The molecular weight excluding hydrogens is 157 g/mol. The van der Waals surface area contributed by atoms with Gasteiger partial charge in [0.2, 0.25) is 11.0 Å². The second-order valence-corrected chi connectivity index (χ2v) is 1.98. The third kappa shape index (κ3) is 2.63. The minimum absolute atomic E-state index is 0.0869. The summed E-state index contributed by atoms with van der Waals surface area (Å²) in [6.45, 7) is 0. The van der Waals surface area contributed by atoms with Crippen molar-refractivity contribution in [2.24, 2.45) is 11.7 Å². The van der Waals surface area contributed by atoms with E-state index in [4.69, 9.17) is 5.73 Å². The van der Waals surface area contributed by atoms with Gasteiger partial charge in [0, 0.05) is 0 Å². The Hall–Kier alpha value is -0.840.